The summed E-state index contributed by atoms with van der Waals surface area (Å²) < 4.78 is 67.9. The second-order valence-electron chi connectivity index (χ2n) is 11.1. The van der Waals surface area contributed by atoms with Gasteiger partial charge in [-0.2, -0.15) is 0 Å². The molecule has 246 valence electrons. The third kappa shape index (κ3) is 45.0. The number of hydrogen-bond acceptors (Lipinski definition) is 14. The predicted molar refractivity (Wildman–Crippen MR) is 119 cm³/mol. The molecule has 0 aromatic rings. The van der Waals surface area contributed by atoms with E-state index in [9.17, 15) is 9.90 Å². The van der Waals surface area contributed by atoms with Crippen LogP contribution in [0.2, 0.25) is 0 Å². The Balaban J connectivity index is -0.000000268. The molecule has 0 aliphatic carbocycles. The minimum atomic E-state index is -4.94. The molecule has 0 bridgehead atoms. The van der Waals surface area contributed by atoms with Crippen molar-refractivity contribution in [3.63, 3.8) is 0 Å². The van der Waals surface area contributed by atoms with Crippen LogP contribution in [0.1, 0.15) is 74.7 Å². The first-order valence-electron chi connectivity index (χ1n) is 12.5. The van der Waals surface area contributed by atoms with Crippen LogP contribution in [-0.4, -0.2) is 61.4 Å². The second kappa shape index (κ2) is 22.5. The van der Waals surface area contributed by atoms with Gasteiger partial charge in [0, 0.05) is 55.8 Å². The Hall–Kier alpha value is 0.0235. The number of carbonyl (C=O) groups excluding carboxylic acids is 1. The van der Waals surface area contributed by atoms with Crippen molar-refractivity contribution < 1.29 is 89.9 Å². The summed E-state index contributed by atoms with van der Waals surface area (Å²) >= 11 is 0. The molecular weight excluding hydrogens is 624 g/mol. The summed E-state index contributed by atoms with van der Waals surface area (Å²) in [6.07, 6.45) is 2.89. The summed E-state index contributed by atoms with van der Waals surface area (Å²) in [6, 6.07) is 0.527. The van der Waals surface area contributed by atoms with E-state index in [4.69, 9.17) is 37.3 Å². The minimum absolute atomic E-state index is 0. The molecule has 1 saturated heterocycles. The fraction of sp³-hybridized carbons (Fsp3) is 0.955. The van der Waals surface area contributed by atoms with Crippen molar-refractivity contribution in [2.75, 3.05) is 26.2 Å². The monoisotopic (exact) mass is 671 g/mol. The van der Waals surface area contributed by atoms with Gasteiger partial charge in [-0.15, -0.1) is 20.5 Å². The Labute approximate surface area is 252 Å². The summed E-state index contributed by atoms with van der Waals surface area (Å²) in [5.41, 5.74) is 3.79. The molecule has 1 aliphatic rings. The Kier molecular flexibility index (Phi) is 26.5. The molecule has 15 nitrogen and oxygen atoms in total. The topological polar surface area (TPSA) is 300 Å². The van der Waals surface area contributed by atoms with Crippen LogP contribution in [-0.2, 0) is 21.3 Å². The van der Waals surface area contributed by atoms with Gasteiger partial charge in [0.1, 0.15) is 6.04 Å². The quantitative estimate of drug-likeness (QED) is 0.174. The Morgan fingerprint density at radius 2 is 1.05 bits per heavy atom. The number of quaternary nitrogens is 1. The van der Waals surface area contributed by atoms with Gasteiger partial charge in [0.05, 0.1) is 5.97 Å². The maximum absolute atomic E-state index is 10.1. The maximum Gasteiger partial charge on any atom is 2.00 e. The molecule has 18 heteroatoms. The molecule has 0 saturated carbocycles. The zero-order valence-corrected chi connectivity index (χ0v) is 27.1. The van der Waals surface area contributed by atoms with Gasteiger partial charge in [-0.1, -0.05) is 13.8 Å². The van der Waals surface area contributed by atoms with Crippen LogP contribution in [0, 0.1) is 26.4 Å². The molecule has 0 amide bonds. The number of halogens is 2. The number of carbonyl (C=O) groups is 1. The molecule has 0 aromatic carbocycles. The van der Waals surface area contributed by atoms with Gasteiger partial charge in [-0.05, 0) is 60.3 Å². The fourth-order valence-electron chi connectivity index (χ4n) is 3.92. The van der Waals surface area contributed by atoms with Gasteiger partial charge in [-0.25, -0.2) is 37.3 Å². The van der Waals surface area contributed by atoms with E-state index in [0.29, 0.717) is 24.4 Å². The largest absolute Gasteiger partial charge is 2.00 e. The van der Waals surface area contributed by atoms with Crippen LogP contribution in [0.15, 0.2) is 0 Å². The number of rotatable bonds is 3. The number of hydrogen-bond donors (Lipinski definition) is 5. The van der Waals surface area contributed by atoms with Crippen LogP contribution in [0.25, 0.3) is 0 Å². The van der Waals surface area contributed by atoms with Gasteiger partial charge in [-0.3, -0.25) is 0 Å². The molecule has 0 aromatic heterocycles. The SMILES string of the molecule is CC(C)C[C@@H]([NH3+])C(=O)[O-].C[C@H]1CC(C)(C)NCCN[C@@H](C)CC(C)(C)NCCN1.[Ni+2].[O-][Cl+3]([O-])([O-])[O-].[O-][Cl+3]([O-])([O-])[O-]. The van der Waals surface area contributed by atoms with Crippen molar-refractivity contribution in [1.82, 2.24) is 21.3 Å². The van der Waals surface area contributed by atoms with E-state index in [1.165, 1.54) is 0 Å². The Morgan fingerprint density at radius 1 is 0.775 bits per heavy atom. The van der Waals surface area contributed by atoms with E-state index < -0.39 is 32.5 Å². The molecular formula is C22H49Cl2N5NiO10. The van der Waals surface area contributed by atoms with Crippen LogP contribution in [0.4, 0.5) is 0 Å². The van der Waals surface area contributed by atoms with Crippen LogP contribution < -0.4 is 69.4 Å². The van der Waals surface area contributed by atoms with Crippen molar-refractivity contribution in [3.8, 4) is 0 Å². The van der Waals surface area contributed by atoms with Crippen molar-refractivity contribution in [2.24, 2.45) is 5.92 Å². The normalized spacial score (nSPS) is 22.8. The fourth-order valence-corrected chi connectivity index (χ4v) is 3.92. The van der Waals surface area contributed by atoms with Crippen LogP contribution in [0.5, 0.6) is 0 Å². The van der Waals surface area contributed by atoms with Crippen molar-refractivity contribution in [3.05, 3.63) is 0 Å². The van der Waals surface area contributed by atoms with E-state index in [1.54, 1.807) is 0 Å². The van der Waals surface area contributed by atoms with Crippen LogP contribution in [0.3, 0.4) is 0 Å². The standard InChI is InChI=1S/C16H36N4.C6H13NO2.2ClHO4.Ni/c1-13-11-15(3,4)19-10-8-18-14(2)12-16(5,6)20-9-7-17-13;1-4(2)3-5(7)6(8)9;2*2-1(3,4)5;/h13-14,17-20H,7-12H2,1-6H3;4-5H,3,7H2,1-2H3,(H,8,9);2*(H,2,3,4,5);/q;;;;+2/p-2/t13-,14-;5-;;;/m01.../s1. The molecule has 1 aliphatic heterocycles. The van der Waals surface area contributed by atoms with Crippen LogP contribution >= 0.6 is 0 Å². The zero-order chi connectivity index (χ0) is 31.7. The predicted octanol–water partition coefficient (Wildman–Crippen LogP) is -9.65. The zero-order valence-electron chi connectivity index (χ0n) is 24.6. The molecule has 40 heavy (non-hydrogen) atoms. The first-order valence-corrected chi connectivity index (χ1v) is 14.9. The molecule has 0 unspecified atom stereocenters. The average molecular weight is 673 g/mol. The van der Waals surface area contributed by atoms with Crippen molar-refractivity contribution >= 4 is 5.97 Å². The molecule has 1 heterocycles. The molecule has 7 N–H and O–H groups in total. The smallest absolute Gasteiger partial charge is 0.544 e. The van der Waals surface area contributed by atoms with E-state index in [1.807, 2.05) is 13.8 Å². The van der Waals surface area contributed by atoms with Gasteiger partial charge in [0.2, 0.25) is 0 Å². The number of nitrogens with one attached hydrogen (secondary N) is 4. The van der Waals surface area contributed by atoms with Gasteiger partial charge in [0.15, 0.2) is 0 Å². The molecule has 0 radical (unpaired) electrons. The first kappa shape index (κ1) is 47.0. The third-order valence-corrected chi connectivity index (χ3v) is 5.16. The van der Waals surface area contributed by atoms with E-state index in [-0.39, 0.29) is 27.6 Å². The molecule has 1 rings (SSSR count). The van der Waals surface area contributed by atoms with Gasteiger partial charge >= 0.3 is 16.5 Å². The number of carboxylic acid groups (broad SMARTS) is 1. The molecule has 0 spiro atoms. The summed E-state index contributed by atoms with van der Waals surface area (Å²) in [7, 11) is -9.89. The summed E-state index contributed by atoms with van der Waals surface area (Å²) in [6.45, 7) is 21.8. The summed E-state index contributed by atoms with van der Waals surface area (Å²) in [4.78, 5) is 10.1. The van der Waals surface area contributed by atoms with Crippen molar-refractivity contribution in [1.29, 1.82) is 0 Å². The second-order valence-corrected chi connectivity index (χ2v) is 12.7. The Bertz CT molecular complexity index is 590. The maximum atomic E-state index is 10.1. The Morgan fingerprint density at radius 3 is 1.25 bits per heavy atom. The average Bonchev–Trinajstić information content (AvgIpc) is 2.65. The van der Waals surface area contributed by atoms with Gasteiger partial charge in [0.25, 0.3) is 0 Å². The van der Waals surface area contributed by atoms with E-state index in [0.717, 1.165) is 39.0 Å². The van der Waals surface area contributed by atoms with E-state index >= 15 is 0 Å². The van der Waals surface area contributed by atoms with E-state index in [2.05, 4.69) is 68.5 Å². The molecule has 3 atom stereocenters. The minimum Gasteiger partial charge on any atom is -0.544 e. The van der Waals surface area contributed by atoms with Gasteiger partial charge < -0.3 is 36.9 Å². The summed E-state index contributed by atoms with van der Waals surface area (Å²) in [5, 5.41) is 24.6. The third-order valence-electron chi connectivity index (χ3n) is 5.16. The number of aliphatic carboxylic acids is 1. The number of carboxylic acids is 1. The molecule has 1 fully saturated rings. The van der Waals surface area contributed by atoms with Crippen molar-refractivity contribution in [2.45, 2.75) is 104 Å². The summed E-state index contributed by atoms with van der Waals surface area (Å²) in [5.74, 6) is -0.672. The first-order chi connectivity index (χ1) is 17.2.